The minimum absolute atomic E-state index is 0.474. The van der Waals surface area contributed by atoms with Crippen molar-refractivity contribution in [2.24, 2.45) is 5.73 Å². The van der Waals surface area contributed by atoms with Crippen molar-refractivity contribution in [3.8, 4) is 5.75 Å². The molecule has 0 spiro atoms. The van der Waals surface area contributed by atoms with E-state index < -0.39 is 5.54 Å². The van der Waals surface area contributed by atoms with Gasteiger partial charge in [0.25, 0.3) is 0 Å². The summed E-state index contributed by atoms with van der Waals surface area (Å²) in [5, 5.41) is 0.980. The Bertz CT molecular complexity index is 556. The summed E-state index contributed by atoms with van der Waals surface area (Å²) in [5.74, 6) is 0.879. The van der Waals surface area contributed by atoms with Gasteiger partial charge < -0.3 is 10.5 Å². The van der Waals surface area contributed by atoms with Crippen LogP contribution in [0.2, 0.25) is 0 Å². The lowest BCUT2D eigenvalue weighted by Gasteiger charge is -2.23. The van der Waals surface area contributed by atoms with Gasteiger partial charge in [0.2, 0.25) is 0 Å². The van der Waals surface area contributed by atoms with Crippen molar-refractivity contribution in [3.63, 3.8) is 0 Å². The van der Waals surface area contributed by atoms with Gasteiger partial charge in [0.05, 0.1) is 18.3 Å². The summed E-state index contributed by atoms with van der Waals surface area (Å²) in [6.07, 6.45) is 0.712. The first-order valence-corrected chi connectivity index (χ1v) is 7.11. The predicted molar refractivity (Wildman–Crippen MR) is 79.8 cm³/mol. The Balaban J connectivity index is 2.30. The van der Waals surface area contributed by atoms with Crippen molar-refractivity contribution in [3.05, 3.63) is 45.4 Å². The number of methoxy groups -OCH3 is 1. The first kappa shape index (κ1) is 14.0. The number of aryl methyl sites for hydroxylation is 2. The third kappa shape index (κ3) is 2.96. The second-order valence-corrected chi connectivity index (χ2v) is 6.27. The van der Waals surface area contributed by atoms with E-state index in [0.29, 0.717) is 6.42 Å². The maximum absolute atomic E-state index is 6.47. The molecule has 3 nitrogen and oxygen atoms in total. The maximum atomic E-state index is 6.47. The van der Waals surface area contributed by atoms with E-state index in [1.165, 1.54) is 4.88 Å². The molecular weight excluding hydrogens is 256 g/mol. The van der Waals surface area contributed by atoms with Crippen LogP contribution in [0.25, 0.3) is 0 Å². The lowest BCUT2D eigenvalue weighted by molar-refractivity contribution is 0.399. The van der Waals surface area contributed by atoms with E-state index in [2.05, 4.69) is 18.0 Å². The van der Waals surface area contributed by atoms with Gasteiger partial charge in [-0.3, -0.25) is 0 Å². The van der Waals surface area contributed by atoms with Crippen molar-refractivity contribution in [1.82, 2.24) is 4.98 Å². The third-order valence-electron chi connectivity index (χ3n) is 3.27. The molecule has 0 saturated heterocycles. The van der Waals surface area contributed by atoms with Crippen molar-refractivity contribution >= 4 is 11.3 Å². The van der Waals surface area contributed by atoms with Gasteiger partial charge in [-0.2, -0.15) is 0 Å². The van der Waals surface area contributed by atoms with Crippen LogP contribution in [0.4, 0.5) is 0 Å². The summed E-state index contributed by atoms with van der Waals surface area (Å²) >= 11 is 1.68. The Labute approximate surface area is 118 Å². The highest BCUT2D eigenvalue weighted by Crippen LogP contribution is 2.31. The van der Waals surface area contributed by atoms with Gasteiger partial charge in [0.15, 0.2) is 0 Å². The van der Waals surface area contributed by atoms with Crippen molar-refractivity contribution in [1.29, 1.82) is 0 Å². The third-order valence-corrected chi connectivity index (χ3v) is 4.62. The number of nitrogens with zero attached hydrogens (tertiary/aromatic N) is 1. The molecule has 2 N–H and O–H groups in total. The zero-order valence-electron chi connectivity index (χ0n) is 11.9. The zero-order chi connectivity index (χ0) is 14.0. The maximum Gasteiger partial charge on any atom is 0.122 e. The number of rotatable bonds is 4. The van der Waals surface area contributed by atoms with Gasteiger partial charge in [-0.15, -0.1) is 11.3 Å². The molecular formula is C15H20N2OS. The van der Waals surface area contributed by atoms with Crippen molar-refractivity contribution < 1.29 is 4.74 Å². The van der Waals surface area contributed by atoms with Crippen LogP contribution >= 0.6 is 11.3 Å². The number of para-hydroxylation sites is 1. The minimum atomic E-state index is -0.474. The van der Waals surface area contributed by atoms with Crippen LogP contribution in [-0.2, 0) is 12.0 Å². The standard InChI is InChI=1S/C15H20N2OS/c1-10-11(2)19-14(17-10)15(3,16)9-12-7-5-6-8-13(12)18-4/h5-8H,9,16H2,1-4H3. The molecule has 0 bridgehead atoms. The molecule has 2 aromatic rings. The molecule has 2 rings (SSSR count). The summed E-state index contributed by atoms with van der Waals surface area (Å²) in [7, 11) is 1.68. The second-order valence-electron chi connectivity index (χ2n) is 5.07. The Kier molecular flexibility index (Phi) is 3.92. The van der Waals surface area contributed by atoms with Crippen LogP contribution in [-0.4, -0.2) is 12.1 Å². The smallest absolute Gasteiger partial charge is 0.122 e. The van der Waals surface area contributed by atoms with E-state index in [-0.39, 0.29) is 0 Å². The van der Waals surface area contributed by atoms with Gasteiger partial charge in [0, 0.05) is 11.3 Å². The van der Waals surface area contributed by atoms with Crippen LogP contribution in [0.3, 0.4) is 0 Å². The largest absolute Gasteiger partial charge is 0.496 e. The molecule has 0 aliphatic rings. The molecule has 0 amide bonds. The predicted octanol–water partition coefficient (Wildman–Crippen LogP) is 3.19. The first-order chi connectivity index (χ1) is 8.94. The van der Waals surface area contributed by atoms with E-state index in [1.807, 2.05) is 32.0 Å². The normalized spacial score (nSPS) is 14.2. The molecule has 4 heteroatoms. The first-order valence-electron chi connectivity index (χ1n) is 6.29. The number of thiazole rings is 1. The highest BCUT2D eigenvalue weighted by Gasteiger charge is 2.27. The Morgan fingerprint density at radius 2 is 2.00 bits per heavy atom. The molecule has 0 fully saturated rings. The average molecular weight is 276 g/mol. The molecule has 19 heavy (non-hydrogen) atoms. The molecule has 102 valence electrons. The van der Waals surface area contributed by atoms with E-state index >= 15 is 0 Å². The van der Waals surface area contributed by atoms with E-state index in [9.17, 15) is 0 Å². The number of nitrogens with two attached hydrogens (primary N) is 1. The lowest BCUT2D eigenvalue weighted by Crippen LogP contribution is -2.35. The monoisotopic (exact) mass is 276 g/mol. The van der Waals surface area contributed by atoms with Gasteiger partial charge in [-0.1, -0.05) is 18.2 Å². The number of ether oxygens (including phenoxy) is 1. The minimum Gasteiger partial charge on any atom is -0.496 e. The quantitative estimate of drug-likeness (QED) is 0.933. The number of hydrogen-bond donors (Lipinski definition) is 1. The Hall–Kier alpha value is -1.39. The fourth-order valence-electron chi connectivity index (χ4n) is 2.04. The summed E-state index contributed by atoms with van der Waals surface area (Å²) < 4.78 is 5.38. The molecule has 1 atom stereocenters. The summed E-state index contributed by atoms with van der Waals surface area (Å²) in [6, 6.07) is 7.99. The fraction of sp³-hybridized carbons (Fsp3) is 0.400. The number of benzene rings is 1. The van der Waals surface area contributed by atoms with Crippen LogP contribution in [0.1, 0.15) is 28.1 Å². The molecule has 0 aliphatic heterocycles. The molecule has 1 aromatic carbocycles. The Morgan fingerprint density at radius 3 is 2.58 bits per heavy atom. The number of hydrogen-bond acceptors (Lipinski definition) is 4. The summed E-state index contributed by atoms with van der Waals surface area (Å²) in [5.41, 5.74) is 8.17. The lowest BCUT2D eigenvalue weighted by atomic mass is 9.94. The van der Waals surface area contributed by atoms with Crippen molar-refractivity contribution in [2.45, 2.75) is 32.7 Å². The fourth-order valence-corrected chi connectivity index (χ4v) is 3.01. The molecule has 1 heterocycles. The van der Waals surface area contributed by atoms with Crippen LogP contribution in [0, 0.1) is 13.8 Å². The average Bonchev–Trinajstić information content (AvgIpc) is 2.71. The van der Waals surface area contributed by atoms with E-state index in [4.69, 9.17) is 10.5 Å². The summed E-state index contributed by atoms with van der Waals surface area (Å²) in [6.45, 7) is 6.13. The SMILES string of the molecule is COc1ccccc1CC(C)(N)c1nc(C)c(C)s1. The topological polar surface area (TPSA) is 48.1 Å². The van der Waals surface area contributed by atoms with Crippen LogP contribution < -0.4 is 10.5 Å². The van der Waals surface area contributed by atoms with E-state index in [1.54, 1.807) is 18.4 Å². The second kappa shape index (κ2) is 5.31. The molecule has 0 saturated carbocycles. The van der Waals surface area contributed by atoms with E-state index in [0.717, 1.165) is 22.0 Å². The highest BCUT2D eigenvalue weighted by atomic mass is 32.1. The molecule has 0 radical (unpaired) electrons. The zero-order valence-corrected chi connectivity index (χ0v) is 12.7. The molecule has 0 aliphatic carbocycles. The van der Waals surface area contributed by atoms with Gasteiger partial charge in [-0.25, -0.2) is 4.98 Å². The van der Waals surface area contributed by atoms with Gasteiger partial charge >= 0.3 is 0 Å². The Morgan fingerprint density at radius 1 is 1.32 bits per heavy atom. The highest BCUT2D eigenvalue weighted by molar-refractivity contribution is 7.11. The van der Waals surface area contributed by atoms with Gasteiger partial charge in [-0.05, 0) is 32.4 Å². The van der Waals surface area contributed by atoms with Gasteiger partial charge in [0.1, 0.15) is 10.8 Å². The number of aromatic nitrogens is 1. The van der Waals surface area contributed by atoms with Crippen molar-refractivity contribution in [2.75, 3.05) is 7.11 Å². The summed E-state index contributed by atoms with van der Waals surface area (Å²) in [4.78, 5) is 5.81. The molecule has 1 aromatic heterocycles. The van der Waals surface area contributed by atoms with Crippen LogP contribution in [0.5, 0.6) is 5.75 Å². The van der Waals surface area contributed by atoms with Crippen LogP contribution in [0.15, 0.2) is 24.3 Å². The molecule has 1 unspecified atom stereocenters.